The molecule has 2 N–H and O–H groups in total. The summed E-state index contributed by atoms with van der Waals surface area (Å²) >= 11 is 2.42. The van der Waals surface area contributed by atoms with Gasteiger partial charge in [-0.15, -0.1) is 11.3 Å². The molecule has 1 saturated heterocycles. The Morgan fingerprint density at radius 2 is 2.20 bits per heavy atom. The Morgan fingerprint density at radius 1 is 1.32 bits per heavy atom. The summed E-state index contributed by atoms with van der Waals surface area (Å²) in [6.07, 6.45) is 9.07. The van der Waals surface area contributed by atoms with Gasteiger partial charge in [-0.05, 0) is 36.2 Å². The van der Waals surface area contributed by atoms with E-state index >= 15 is 0 Å². The smallest absolute Gasteiger partial charge is 0.290 e. The van der Waals surface area contributed by atoms with Crippen LogP contribution in [0, 0.1) is 5.92 Å². The van der Waals surface area contributed by atoms with E-state index in [4.69, 9.17) is 0 Å². The second-order valence-corrected chi connectivity index (χ2v) is 8.00. The second kappa shape index (κ2) is 6.97. The number of imide groups is 1. The summed E-state index contributed by atoms with van der Waals surface area (Å²) in [5.74, 6) is 1.32. The maximum Gasteiger partial charge on any atom is 0.290 e. The molecule has 2 fully saturated rings. The Balaban J connectivity index is 1.46. The van der Waals surface area contributed by atoms with Crippen LogP contribution in [0.15, 0.2) is 28.7 Å². The Kier molecular flexibility index (Phi) is 4.54. The lowest BCUT2D eigenvalue weighted by atomic mass is 10.2. The van der Waals surface area contributed by atoms with Crippen molar-refractivity contribution in [1.82, 2.24) is 15.3 Å². The third kappa shape index (κ3) is 4.08. The number of anilines is 1. The van der Waals surface area contributed by atoms with Crippen LogP contribution in [0.1, 0.15) is 24.1 Å². The van der Waals surface area contributed by atoms with Crippen LogP contribution >= 0.6 is 23.1 Å². The third-order valence-corrected chi connectivity index (χ3v) is 5.71. The van der Waals surface area contributed by atoms with Gasteiger partial charge in [-0.3, -0.25) is 19.9 Å². The zero-order chi connectivity index (χ0) is 17.2. The maximum absolute atomic E-state index is 11.6. The molecule has 128 valence electrons. The first kappa shape index (κ1) is 16.3. The minimum Gasteiger partial charge on any atom is -0.369 e. The number of hydrogen-bond donors (Lipinski definition) is 2. The molecule has 0 radical (unpaired) electrons. The van der Waals surface area contributed by atoms with Crippen molar-refractivity contribution in [2.45, 2.75) is 19.3 Å². The molecule has 1 saturated carbocycles. The summed E-state index contributed by atoms with van der Waals surface area (Å²) in [5, 5.41) is 7.23. The molecule has 3 heterocycles. The van der Waals surface area contributed by atoms with Gasteiger partial charge in [0.25, 0.3) is 11.1 Å². The van der Waals surface area contributed by atoms with E-state index in [2.05, 4.69) is 20.6 Å². The van der Waals surface area contributed by atoms with Crippen molar-refractivity contribution < 1.29 is 9.59 Å². The van der Waals surface area contributed by atoms with Crippen molar-refractivity contribution >= 4 is 46.1 Å². The fraction of sp³-hybridized carbons (Fsp3) is 0.294. The number of hydrogen-bond acceptors (Lipinski definition) is 7. The van der Waals surface area contributed by atoms with Crippen LogP contribution in [0.2, 0.25) is 0 Å². The molecule has 0 aromatic carbocycles. The lowest BCUT2D eigenvalue weighted by molar-refractivity contribution is -0.115. The van der Waals surface area contributed by atoms with Gasteiger partial charge in [0.15, 0.2) is 0 Å². The van der Waals surface area contributed by atoms with Crippen molar-refractivity contribution in [1.29, 1.82) is 0 Å². The highest BCUT2D eigenvalue weighted by Gasteiger charge is 2.25. The van der Waals surface area contributed by atoms with Crippen LogP contribution in [0.25, 0.3) is 17.3 Å². The van der Waals surface area contributed by atoms with Crippen LogP contribution < -0.4 is 10.6 Å². The van der Waals surface area contributed by atoms with E-state index in [0.717, 1.165) is 46.2 Å². The molecule has 0 spiro atoms. The van der Waals surface area contributed by atoms with Crippen molar-refractivity contribution in [3.05, 3.63) is 33.6 Å². The maximum atomic E-state index is 11.6. The molecule has 2 aromatic rings. The SMILES string of the molecule is O=C1NC(=O)/C(=C\c2cc(-c3cncc(NCCC4CC4)n3)cs2)S1. The lowest BCUT2D eigenvalue weighted by Gasteiger charge is -2.05. The van der Waals surface area contributed by atoms with Crippen molar-refractivity contribution in [2.75, 3.05) is 11.9 Å². The Labute approximate surface area is 153 Å². The van der Waals surface area contributed by atoms with Gasteiger partial charge in [-0.1, -0.05) is 12.8 Å². The summed E-state index contributed by atoms with van der Waals surface area (Å²) in [5.41, 5.74) is 1.74. The largest absolute Gasteiger partial charge is 0.369 e. The van der Waals surface area contributed by atoms with Crippen LogP contribution in [0.3, 0.4) is 0 Å². The molecule has 0 unspecified atom stereocenters. The van der Waals surface area contributed by atoms with Crippen LogP contribution in [0.4, 0.5) is 10.6 Å². The Hall–Kier alpha value is -2.19. The molecule has 2 amide bonds. The van der Waals surface area contributed by atoms with E-state index in [9.17, 15) is 9.59 Å². The number of rotatable bonds is 6. The number of aromatic nitrogens is 2. The van der Waals surface area contributed by atoms with Crippen molar-refractivity contribution in [3.63, 3.8) is 0 Å². The first-order valence-corrected chi connectivity index (χ1v) is 9.77. The number of thiophene rings is 1. The molecule has 8 heteroatoms. The highest BCUT2D eigenvalue weighted by Crippen LogP contribution is 2.32. The summed E-state index contributed by atoms with van der Waals surface area (Å²) in [6, 6.07) is 1.95. The number of carbonyl (C=O) groups excluding carboxylic acids is 2. The summed E-state index contributed by atoms with van der Waals surface area (Å²) in [6.45, 7) is 0.921. The van der Waals surface area contributed by atoms with Crippen LogP contribution in [-0.4, -0.2) is 27.7 Å². The van der Waals surface area contributed by atoms with Gasteiger partial charge in [0.2, 0.25) is 0 Å². The third-order valence-electron chi connectivity index (χ3n) is 4.02. The van der Waals surface area contributed by atoms with E-state index < -0.39 is 0 Å². The molecular formula is C17H16N4O2S2. The van der Waals surface area contributed by atoms with Crippen LogP contribution in [-0.2, 0) is 4.79 Å². The molecular weight excluding hydrogens is 356 g/mol. The number of amides is 2. The minimum atomic E-state index is -0.341. The summed E-state index contributed by atoms with van der Waals surface area (Å²) in [4.78, 5) is 33.0. The molecule has 1 aliphatic heterocycles. The monoisotopic (exact) mass is 372 g/mol. The Bertz CT molecular complexity index is 858. The van der Waals surface area contributed by atoms with Crippen molar-refractivity contribution in [2.24, 2.45) is 5.92 Å². The van der Waals surface area contributed by atoms with E-state index in [0.29, 0.717) is 4.91 Å². The van der Waals surface area contributed by atoms with E-state index in [-0.39, 0.29) is 11.1 Å². The first-order valence-electron chi connectivity index (χ1n) is 8.07. The van der Waals surface area contributed by atoms with Gasteiger partial charge < -0.3 is 5.32 Å². The number of thioether (sulfide) groups is 1. The molecule has 4 rings (SSSR count). The zero-order valence-corrected chi connectivity index (χ0v) is 15.0. The lowest BCUT2D eigenvalue weighted by Crippen LogP contribution is -2.17. The molecule has 0 bridgehead atoms. The van der Waals surface area contributed by atoms with Crippen molar-refractivity contribution in [3.8, 4) is 11.3 Å². The summed E-state index contributed by atoms with van der Waals surface area (Å²) < 4.78 is 0. The molecule has 1 aliphatic carbocycles. The van der Waals surface area contributed by atoms with Gasteiger partial charge in [0.1, 0.15) is 5.82 Å². The zero-order valence-electron chi connectivity index (χ0n) is 13.3. The van der Waals surface area contributed by atoms with Crippen LogP contribution in [0.5, 0.6) is 0 Å². The average Bonchev–Trinajstić information content (AvgIpc) is 3.20. The van der Waals surface area contributed by atoms with E-state index in [1.807, 2.05) is 11.4 Å². The Morgan fingerprint density at radius 3 is 2.96 bits per heavy atom. The molecule has 6 nitrogen and oxygen atoms in total. The topological polar surface area (TPSA) is 84.0 Å². The number of carbonyl (C=O) groups is 2. The normalized spacial score (nSPS) is 18.6. The standard InChI is InChI=1S/C17H16N4O2S2/c22-16-14(25-17(23)21-16)6-12-5-11(9-24-12)13-7-18-8-15(20-13)19-4-3-10-1-2-10/h5-10H,1-4H2,(H,19,20)(H,21,22,23)/b14-6+. The van der Waals surface area contributed by atoms with E-state index in [1.165, 1.54) is 30.6 Å². The predicted molar refractivity (Wildman–Crippen MR) is 100 cm³/mol. The first-order chi connectivity index (χ1) is 12.2. The minimum absolute atomic E-state index is 0.330. The molecule has 0 atom stereocenters. The van der Waals surface area contributed by atoms with Gasteiger partial charge in [0.05, 0.1) is 23.0 Å². The average molecular weight is 372 g/mol. The predicted octanol–water partition coefficient (Wildman–Crippen LogP) is 3.74. The molecule has 25 heavy (non-hydrogen) atoms. The quantitative estimate of drug-likeness (QED) is 0.752. The van der Waals surface area contributed by atoms with Gasteiger partial charge in [-0.2, -0.15) is 0 Å². The van der Waals surface area contributed by atoms with Gasteiger partial charge in [0, 0.05) is 22.4 Å². The molecule has 2 aromatic heterocycles. The summed E-state index contributed by atoms with van der Waals surface area (Å²) in [7, 11) is 0. The van der Waals surface area contributed by atoms with Gasteiger partial charge >= 0.3 is 0 Å². The number of nitrogens with zero attached hydrogens (tertiary/aromatic N) is 2. The fourth-order valence-corrected chi connectivity index (χ4v) is 4.09. The van der Waals surface area contributed by atoms with E-state index in [1.54, 1.807) is 18.5 Å². The molecule has 2 aliphatic rings. The number of nitrogens with one attached hydrogen (secondary N) is 2. The highest BCUT2D eigenvalue weighted by molar-refractivity contribution is 8.18. The fourth-order valence-electron chi connectivity index (χ4n) is 2.51. The van der Waals surface area contributed by atoms with Gasteiger partial charge in [-0.25, -0.2) is 4.98 Å². The highest BCUT2D eigenvalue weighted by atomic mass is 32.2. The second-order valence-electron chi connectivity index (χ2n) is 6.04.